The predicted molar refractivity (Wildman–Crippen MR) is 112 cm³/mol. The van der Waals surface area contributed by atoms with Crippen LogP contribution in [0.4, 0.5) is 5.82 Å². The number of piperidine rings is 1. The maximum atomic E-state index is 5.30. The second-order valence-electron chi connectivity index (χ2n) is 7.51. The van der Waals surface area contributed by atoms with E-state index in [2.05, 4.69) is 31.2 Å². The molecule has 0 aliphatic carbocycles. The molecule has 1 aromatic heterocycles. The molecule has 1 fully saturated rings. The Labute approximate surface area is 179 Å². The summed E-state index contributed by atoms with van der Waals surface area (Å²) in [6, 6.07) is 18.6. The van der Waals surface area contributed by atoms with Crippen molar-refractivity contribution >= 4 is 5.82 Å². The highest BCUT2D eigenvalue weighted by molar-refractivity contribution is 5.57. The summed E-state index contributed by atoms with van der Waals surface area (Å²) >= 11 is 0. The standard InChI is InChI=1S/C24H27N3O.ClH/c1-18-22(17-19-11-13-21(28-2)14-12-19)24(27-15-7-4-8-16-27)26-23(25-18)20-9-5-3-6-10-20;/h3,5-6,9-14H,4,7-8,15-17H2,1-2H3;1H. The zero-order valence-electron chi connectivity index (χ0n) is 17.1. The topological polar surface area (TPSA) is 39.5 Å². The van der Waals surface area contributed by atoms with Gasteiger partial charge in [0.2, 0.25) is 5.82 Å². The second-order valence-corrected chi connectivity index (χ2v) is 7.51. The van der Waals surface area contributed by atoms with Gasteiger partial charge in [-0.2, -0.15) is 4.98 Å². The zero-order valence-corrected chi connectivity index (χ0v) is 17.9. The molecule has 0 saturated carbocycles. The van der Waals surface area contributed by atoms with Crippen LogP contribution >= 0.6 is 0 Å². The van der Waals surface area contributed by atoms with Gasteiger partial charge in [-0.1, -0.05) is 42.5 Å². The summed E-state index contributed by atoms with van der Waals surface area (Å²) in [6.07, 6.45) is 4.71. The number of nitrogens with one attached hydrogen (secondary N) is 1. The Kier molecular flexibility index (Phi) is 7.24. The number of hydrogen-bond donors (Lipinski definition) is 1. The van der Waals surface area contributed by atoms with Crippen LogP contribution in [0.25, 0.3) is 11.4 Å². The van der Waals surface area contributed by atoms with Gasteiger partial charge in [-0.05, 0) is 43.9 Å². The summed E-state index contributed by atoms with van der Waals surface area (Å²) in [7, 11) is 1.70. The van der Waals surface area contributed by atoms with Crippen LogP contribution in [0.5, 0.6) is 5.75 Å². The maximum Gasteiger partial charge on any atom is 0.233 e. The molecule has 0 radical (unpaired) electrons. The van der Waals surface area contributed by atoms with E-state index in [0.29, 0.717) is 0 Å². The summed E-state index contributed by atoms with van der Waals surface area (Å²) in [4.78, 5) is 11.5. The van der Waals surface area contributed by atoms with Crippen LogP contribution < -0.4 is 22.0 Å². The van der Waals surface area contributed by atoms with Gasteiger partial charge in [0, 0.05) is 12.0 Å². The van der Waals surface area contributed by atoms with E-state index < -0.39 is 0 Å². The predicted octanol–water partition coefficient (Wildman–Crippen LogP) is 0.756. The number of benzene rings is 2. The molecule has 2 aromatic carbocycles. The van der Waals surface area contributed by atoms with Crippen molar-refractivity contribution in [1.29, 1.82) is 0 Å². The van der Waals surface area contributed by atoms with Crippen molar-refractivity contribution in [1.82, 2.24) is 9.97 Å². The third kappa shape index (κ3) is 4.95. The Morgan fingerprint density at radius 2 is 1.59 bits per heavy atom. The fourth-order valence-corrected chi connectivity index (χ4v) is 3.98. The third-order valence-corrected chi connectivity index (χ3v) is 5.58. The highest BCUT2D eigenvalue weighted by Gasteiger charge is 2.25. The highest BCUT2D eigenvalue weighted by atomic mass is 35.5. The Morgan fingerprint density at radius 1 is 0.897 bits per heavy atom. The van der Waals surface area contributed by atoms with Crippen LogP contribution in [0.3, 0.4) is 0 Å². The fourth-order valence-electron chi connectivity index (χ4n) is 3.98. The first-order valence-electron chi connectivity index (χ1n) is 10.2. The molecule has 1 aliphatic heterocycles. The average Bonchev–Trinajstić information content (AvgIpc) is 2.76. The van der Waals surface area contributed by atoms with E-state index >= 15 is 0 Å². The van der Waals surface area contributed by atoms with Crippen LogP contribution in [0.1, 0.15) is 36.1 Å². The van der Waals surface area contributed by atoms with E-state index in [0.717, 1.165) is 42.3 Å². The lowest BCUT2D eigenvalue weighted by atomic mass is 10.0. The van der Waals surface area contributed by atoms with Gasteiger partial charge < -0.3 is 17.1 Å². The molecule has 0 spiro atoms. The summed E-state index contributed by atoms with van der Waals surface area (Å²) in [5.74, 6) is 2.91. The second kappa shape index (κ2) is 9.86. The molecule has 4 nitrogen and oxygen atoms in total. The smallest absolute Gasteiger partial charge is 0.233 e. The number of ether oxygens (including phenoxy) is 1. The Morgan fingerprint density at radius 3 is 2.24 bits per heavy atom. The molecule has 0 bridgehead atoms. The van der Waals surface area contributed by atoms with Crippen LogP contribution in [0.15, 0.2) is 54.6 Å². The maximum absolute atomic E-state index is 5.30. The SMILES string of the molecule is COc1ccc(Cc2c(C)nc(-c3ccccc3)nc2[NH+]2CCCCC2)cc1.[Cl-]. The number of methoxy groups -OCH3 is 1. The summed E-state index contributed by atoms with van der Waals surface area (Å²) in [6.45, 7) is 4.43. The van der Waals surface area contributed by atoms with Crippen molar-refractivity contribution in [3.63, 3.8) is 0 Å². The number of hydrogen-bond acceptors (Lipinski definition) is 3. The lowest BCUT2D eigenvalue weighted by molar-refractivity contribution is -0.841. The zero-order chi connectivity index (χ0) is 19.3. The van der Waals surface area contributed by atoms with Crippen molar-refractivity contribution in [2.75, 3.05) is 20.2 Å². The first-order valence-corrected chi connectivity index (χ1v) is 10.2. The summed E-state index contributed by atoms with van der Waals surface area (Å²) in [5.41, 5.74) is 4.69. The van der Waals surface area contributed by atoms with Gasteiger partial charge in [-0.3, -0.25) is 4.90 Å². The van der Waals surface area contributed by atoms with Gasteiger partial charge in [0.25, 0.3) is 0 Å². The quantitative estimate of drug-likeness (QED) is 0.676. The molecule has 3 aromatic rings. The normalized spacial score (nSPS) is 14.3. The molecular weight excluding hydrogens is 382 g/mol. The Bertz CT molecular complexity index is 923. The molecule has 4 rings (SSSR count). The lowest BCUT2D eigenvalue weighted by Crippen LogP contribution is -3.08. The number of quaternary nitrogens is 1. The van der Waals surface area contributed by atoms with Gasteiger partial charge >= 0.3 is 0 Å². The van der Waals surface area contributed by atoms with Gasteiger partial charge in [0.1, 0.15) is 5.75 Å². The molecule has 0 atom stereocenters. The largest absolute Gasteiger partial charge is 1.00 e. The minimum Gasteiger partial charge on any atom is -1.00 e. The van der Waals surface area contributed by atoms with E-state index in [9.17, 15) is 0 Å². The van der Waals surface area contributed by atoms with Crippen LogP contribution in [0.2, 0.25) is 0 Å². The highest BCUT2D eigenvalue weighted by Crippen LogP contribution is 2.24. The molecule has 29 heavy (non-hydrogen) atoms. The van der Waals surface area contributed by atoms with Gasteiger partial charge in [-0.25, -0.2) is 4.98 Å². The van der Waals surface area contributed by atoms with Crippen LogP contribution in [0, 0.1) is 6.92 Å². The lowest BCUT2D eigenvalue weighted by Gasteiger charge is -2.25. The van der Waals surface area contributed by atoms with E-state index in [-0.39, 0.29) is 12.4 Å². The van der Waals surface area contributed by atoms with E-state index in [4.69, 9.17) is 14.7 Å². The first-order chi connectivity index (χ1) is 13.7. The number of halogens is 1. The molecule has 0 amide bonds. The third-order valence-electron chi connectivity index (χ3n) is 5.58. The molecule has 1 saturated heterocycles. The Balaban J connectivity index is 0.00000240. The van der Waals surface area contributed by atoms with Crippen molar-refractivity contribution in [2.45, 2.75) is 32.6 Å². The molecule has 0 unspecified atom stereocenters. The molecule has 5 heteroatoms. The molecule has 1 N–H and O–H groups in total. The van der Waals surface area contributed by atoms with Crippen LogP contribution in [-0.4, -0.2) is 30.2 Å². The minimum atomic E-state index is 0. The number of aromatic nitrogens is 2. The summed E-state index contributed by atoms with van der Waals surface area (Å²) < 4.78 is 5.30. The van der Waals surface area contributed by atoms with Crippen molar-refractivity contribution in [2.24, 2.45) is 0 Å². The van der Waals surface area contributed by atoms with Crippen LogP contribution in [-0.2, 0) is 6.42 Å². The molecule has 2 heterocycles. The Hall–Kier alpha value is -2.43. The fraction of sp³-hybridized carbons (Fsp3) is 0.333. The number of rotatable bonds is 5. The molecule has 1 aliphatic rings. The van der Waals surface area contributed by atoms with Crippen molar-refractivity contribution in [3.8, 4) is 17.1 Å². The van der Waals surface area contributed by atoms with Crippen molar-refractivity contribution in [3.05, 3.63) is 71.4 Å². The molecule has 152 valence electrons. The summed E-state index contributed by atoms with van der Waals surface area (Å²) in [5, 5.41) is 0. The van der Waals surface area contributed by atoms with E-state index in [1.54, 1.807) is 7.11 Å². The molecular formula is C24H28ClN3O. The average molecular weight is 410 g/mol. The number of nitrogens with zero attached hydrogens (tertiary/aromatic N) is 2. The van der Waals surface area contributed by atoms with Gasteiger partial charge in [0.05, 0.1) is 31.5 Å². The minimum absolute atomic E-state index is 0. The van der Waals surface area contributed by atoms with Crippen molar-refractivity contribution < 1.29 is 22.0 Å². The number of aryl methyl sites for hydroxylation is 1. The van der Waals surface area contributed by atoms with E-state index in [1.165, 1.54) is 41.1 Å². The van der Waals surface area contributed by atoms with Gasteiger partial charge in [0.15, 0.2) is 5.82 Å². The first kappa shape index (κ1) is 21.3. The van der Waals surface area contributed by atoms with E-state index in [1.807, 2.05) is 30.3 Å². The monoisotopic (exact) mass is 409 g/mol. The van der Waals surface area contributed by atoms with Gasteiger partial charge in [-0.15, -0.1) is 0 Å².